The van der Waals surface area contributed by atoms with Crippen LogP contribution in [0.25, 0.3) is 0 Å². The third kappa shape index (κ3) is 6.69. The van der Waals surface area contributed by atoms with Crippen LogP contribution in [0.1, 0.15) is 32.3 Å². The van der Waals surface area contributed by atoms with Gasteiger partial charge < -0.3 is 14.8 Å². The normalized spacial score (nSPS) is 10.2. The van der Waals surface area contributed by atoms with Gasteiger partial charge in [0.2, 0.25) is 0 Å². The van der Waals surface area contributed by atoms with Crippen molar-refractivity contribution >= 4 is 12.4 Å². The predicted molar refractivity (Wildman–Crippen MR) is 82.9 cm³/mol. The largest absolute Gasteiger partial charge is 0.493 e. The zero-order valence-electron chi connectivity index (χ0n) is 12.4. The molecule has 1 aromatic carbocycles. The summed E-state index contributed by atoms with van der Waals surface area (Å²) >= 11 is 0. The Labute approximate surface area is 123 Å². The quantitative estimate of drug-likeness (QED) is 0.743. The fourth-order valence-electron chi connectivity index (χ4n) is 1.88. The smallest absolute Gasteiger partial charge is 0.160 e. The van der Waals surface area contributed by atoms with E-state index in [9.17, 15) is 0 Å². The topological polar surface area (TPSA) is 30.5 Å². The van der Waals surface area contributed by atoms with E-state index < -0.39 is 0 Å². The average Bonchev–Trinajstić information content (AvgIpc) is 2.37. The molecule has 0 aliphatic carbocycles. The molecule has 1 rings (SSSR count). The third-order valence-electron chi connectivity index (χ3n) is 2.89. The fourth-order valence-corrected chi connectivity index (χ4v) is 1.88. The Balaban J connectivity index is 0.00000324. The van der Waals surface area contributed by atoms with E-state index in [4.69, 9.17) is 9.47 Å². The van der Waals surface area contributed by atoms with Crippen LogP contribution in [0.3, 0.4) is 0 Å². The molecule has 19 heavy (non-hydrogen) atoms. The molecule has 0 aliphatic heterocycles. The number of nitrogens with one attached hydrogen (secondary N) is 1. The van der Waals surface area contributed by atoms with Crippen molar-refractivity contribution in [2.24, 2.45) is 0 Å². The molecule has 0 atom stereocenters. The second-order valence-corrected chi connectivity index (χ2v) is 4.76. The Morgan fingerprint density at radius 3 is 2.32 bits per heavy atom. The molecule has 0 aromatic heterocycles. The molecule has 0 fully saturated rings. The summed E-state index contributed by atoms with van der Waals surface area (Å²) in [6, 6.07) is 6.72. The van der Waals surface area contributed by atoms with Crippen molar-refractivity contribution in [3.05, 3.63) is 23.8 Å². The third-order valence-corrected chi connectivity index (χ3v) is 2.89. The van der Waals surface area contributed by atoms with Crippen molar-refractivity contribution in [3.8, 4) is 11.5 Å². The second-order valence-electron chi connectivity index (χ2n) is 4.76. The molecule has 1 aromatic rings. The second kappa shape index (κ2) is 9.93. The predicted octanol–water partition coefficient (Wildman–Crippen LogP) is 3.45. The zero-order valence-corrected chi connectivity index (χ0v) is 13.2. The Hall–Kier alpha value is -0.930. The van der Waals surface area contributed by atoms with E-state index in [0.29, 0.717) is 6.04 Å². The summed E-state index contributed by atoms with van der Waals surface area (Å²) in [5.41, 5.74) is 1.30. The van der Waals surface area contributed by atoms with Crippen molar-refractivity contribution in [1.29, 1.82) is 0 Å². The summed E-state index contributed by atoms with van der Waals surface area (Å²) in [4.78, 5) is 0. The number of rotatable bonds is 8. The SMILES string of the molecule is COc1ccc(CCCCNC(C)C)cc1OC.Cl. The molecule has 4 heteroatoms. The van der Waals surface area contributed by atoms with E-state index in [1.54, 1.807) is 14.2 Å². The fraction of sp³-hybridized carbons (Fsp3) is 0.600. The maximum Gasteiger partial charge on any atom is 0.160 e. The van der Waals surface area contributed by atoms with Gasteiger partial charge in [-0.15, -0.1) is 12.4 Å². The van der Waals surface area contributed by atoms with Crippen LogP contribution in [0, 0.1) is 0 Å². The number of ether oxygens (including phenoxy) is 2. The van der Waals surface area contributed by atoms with Gasteiger partial charge in [0.25, 0.3) is 0 Å². The lowest BCUT2D eigenvalue weighted by molar-refractivity contribution is 0.354. The molecule has 0 saturated carbocycles. The molecule has 0 saturated heterocycles. The van der Waals surface area contributed by atoms with Gasteiger partial charge in [-0.3, -0.25) is 0 Å². The molecule has 0 heterocycles. The lowest BCUT2D eigenvalue weighted by atomic mass is 10.1. The van der Waals surface area contributed by atoms with Crippen LogP contribution in [0.2, 0.25) is 0 Å². The summed E-state index contributed by atoms with van der Waals surface area (Å²) in [6.07, 6.45) is 3.47. The number of aryl methyl sites for hydroxylation is 1. The van der Waals surface area contributed by atoms with Gasteiger partial charge in [0, 0.05) is 6.04 Å². The van der Waals surface area contributed by atoms with Crippen LogP contribution in [-0.2, 0) is 6.42 Å². The highest BCUT2D eigenvalue weighted by molar-refractivity contribution is 5.85. The van der Waals surface area contributed by atoms with Crippen LogP contribution in [-0.4, -0.2) is 26.8 Å². The van der Waals surface area contributed by atoms with Gasteiger partial charge in [0.05, 0.1) is 14.2 Å². The van der Waals surface area contributed by atoms with Crippen molar-refractivity contribution in [2.45, 2.75) is 39.2 Å². The van der Waals surface area contributed by atoms with Gasteiger partial charge in [0.15, 0.2) is 11.5 Å². The monoisotopic (exact) mass is 287 g/mol. The maximum absolute atomic E-state index is 5.30. The summed E-state index contributed by atoms with van der Waals surface area (Å²) in [5.74, 6) is 1.61. The zero-order chi connectivity index (χ0) is 13.4. The van der Waals surface area contributed by atoms with Crippen molar-refractivity contribution in [2.75, 3.05) is 20.8 Å². The minimum absolute atomic E-state index is 0. The van der Waals surface area contributed by atoms with Crippen molar-refractivity contribution in [1.82, 2.24) is 5.32 Å². The molecule has 0 spiro atoms. The van der Waals surface area contributed by atoms with Crippen LogP contribution in [0.15, 0.2) is 18.2 Å². The van der Waals surface area contributed by atoms with Gasteiger partial charge in [-0.25, -0.2) is 0 Å². The summed E-state index contributed by atoms with van der Waals surface area (Å²) in [6.45, 7) is 5.44. The van der Waals surface area contributed by atoms with Crippen LogP contribution >= 0.6 is 12.4 Å². The van der Waals surface area contributed by atoms with Gasteiger partial charge >= 0.3 is 0 Å². The molecule has 0 aliphatic rings. The number of methoxy groups -OCH3 is 2. The van der Waals surface area contributed by atoms with Crippen molar-refractivity contribution in [3.63, 3.8) is 0 Å². The number of halogens is 1. The Kier molecular flexibility index (Phi) is 9.44. The van der Waals surface area contributed by atoms with Crippen LogP contribution in [0.5, 0.6) is 11.5 Å². The van der Waals surface area contributed by atoms with Crippen LogP contribution in [0.4, 0.5) is 0 Å². The number of benzene rings is 1. The van der Waals surface area contributed by atoms with E-state index in [2.05, 4.69) is 31.3 Å². The minimum atomic E-state index is 0. The lowest BCUT2D eigenvalue weighted by Crippen LogP contribution is -2.23. The highest BCUT2D eigenvalue weighted by atomic mass is 35.5. The lowest BCUT2D eigenvalue weighted by Gasteiger charge is -2.10. The van der Waals surface area contributed by atoms with E-state index >= 15 is 0 Å². The molecule has 0 radical (unpaired) electrons. The van der Waals surface area contributed by atoms with Crippen LogP contribution < -0.4 is 14.8 Å². The van der Waals surface area contributed by atoms with E-state index in [1.807, 2.05) is 6.07 Å². The molecule has 3 nitrogen and oxygen atoms in total. The molecular formula is C15H26ClNO2. The highest BCUT2D eigenvalue weighted by Gasteiger charge is 2.04. The molecule has 1 N–H and O–H groups in total. The van der Waals surface area contributed by atoms with Crippen molar-refractivity contribution < 1.29 is 9.47 Å². The Morgan fingerprint density at radius 1 is 1.05 bits per heavy atom. The first kappa shape index (κ1) is 18.1. The number of unbranched alkanes of at least 4 members (excludes halogenated alkanes) is 1. The van der Waals surface area contributed by atoms with Gasteiger partial charge in [-0.1, -0.05) is 19.9 Å². The first-order valence-electron chi connectivity index (χ1n) is 6.61. The summed E-state index contributed by atoms with van der Waals surface area (Å²) < 4.78 is 10.5. The first-order valence-corrected chi connectivity index (χ1v) is 6.61. The molecular weight excluding hydrogens is 262 g/mol. The highest BCUT2D eigenvalue weighted by Crippen LogP contribution is 2.27. The summed E-state index contributed by atoms with van der Waals surface area (Å²) in [5, 5.41) is 3.43. The van der Waals surface area contributed by atoms with Gasteiger partial charge in [-0.2, -0.15) is 0 Å². The number of hydrogen-bond acceptors (Lipinski definition) is 3. The average molecular weight is 288 g/mol. The summed E-state index contributed by atoms with van der Waals surface area (Å²) in [7, 11) is 3.34. The number of hydrogen-bond donors (Lipinski definition) is 1. The van der Waals surface area contributed by atoms with E-state index in [0.717, 1.165) is 24.5 Å². The molecule has 110 valence electrons. The first-order chi connectivity index (χ1) is 8.67. The van der Waals surface area contributed by atoms with E-state index in [1.165, 1.54) is 18.4 Å². The maximum atomic E-state index is 5.30. The van der Waals surface area contributed by atoms with E-state index in [-0.39, 0.29) is 12.4 Å². The molecule has 0 bridgehead atoms. The Morgan fingerprint density at radius 2 is 1.74 bits per heavy atom. The van der Waals surface area contributed by atoms with Gasteiger partial charge in [-0.05, 0) is 43.5 Å². The molecule has 0 unspecified atom stereocenters. The van der Waals surface area contributed by atoms with Gasteiger partial charge in [0.1, 0.15) is 0 Å². The minimum Gasteiger partial charge on any atom is -0.493 e. The Bertz CT molecular complexity index is 356. The standard InChI is InChI=1S/C15H25NO2.ClH/c1-12(2)16-10-6-5-7-13-8-9-14(17-3)15(11-13)18-4;/h8-9,11-12,16H,5-7,10H2,1-4H3;1H. The molecule has 0 amide bonds.